The number of benzene rings is 2. The highest BCUT2D eigenvalue weighted by Crippen LogP contribution is 2.34. The van der Waals surface area contributed by atoms with Gasteiger partial charge < -0.3 is 10.4 Å². The van der Waals surface area contributed by atoms with Gasteiger partial charge >= 0.3 is 5.69 Å². The summed E-state index contributed by atoms with van der Waals surface area (Å²) in [4.78, 5) is 22.2. The van der Waals surface area contributed by atoms with Crippen molar-refractivity contribution >= 4 is 52.1 Å². The lowest BCUT2D eigenvalue weighted by molar-refractivity contribution is -0.385. The number of nitro groups is 1. The molecule has 114 valence electrons. The number of nitrogens with zero attached hydrogens (tertiary/aromatic N) is 1. The minimum Gasteiger partial charge on any atom is -0.502 e. The summed E-state index contributed by atoms with van der Waals surface area (Å²) >= 11 is 17.4. The van der Waals surface area contributed by atoms with Crippen molar-refractivity contribution in [2.45, 2.75) is 0 Å². The monoisotopic (exact) mass is 360 g/mol. The third kappa shape index (κ3) is 3.41. The van der Waals surface area contributed by atoms with Crippen molar-refractivity contribution < 1.29 is 14.8 Å². The first kappa shape index (κ1) is 16.4. The Hall–Kier alpha value is -2.02. The largest absolute Gasteiger partial charge is 0.502 e. The number of anilines is 1. The summed E-state index contributed by atoms with van der Waals surface area (Å²) in [5.41, 5.74) is -0.828. The predicted molar refractivity (Wildman–Crippen MR) is 84.2 cm³/mol. The number of phenolic OH excluding ortho intramolecular Hbond substituents is 1. The van der Waals surface area contributed by atoms with E-state index in [9.17, 15) is 20.0 Å². The number of phenols is 1. The Morgan fingerprint density at radius 1 is 1.14 bits per heavy atom. The molecular weight excluding hydrogens is 355 g/mol. The second-order valence-corrected chi connectivity index (χ2v) is 5.44. The third-order valence-corrected chi connectivity index (χ3v) is 3.46. The van der Waals surface area contributed by atoms with Crippen LogP contribution >= 0.6 is 34.8 Å². The number of hydrogen-bond acceptors (Lipinski definition) is 4. The van der Waals surface area contributed by atoms with Crippen LogP contribution in [-0.4, -0.2) is 15.9 Å². The number of amides is 1. The summed E-state index contributed by atoms with van der Waals surface area (Å²) in [7, 11) is 0. The summed E-state index contributed by atoms with van der Waals surface area (Å²) in [6.07, 6.45) is 0. The number of carbonyl (C=O) groups excluding carboxylic acids is 1. The molecule has 2 rings (SSSR count). The van der Waals surface area contributed by atoms with Crippen LogP contribution in [0.1, 0.15) is 10.4 Å². The fraction of sp³-hybridized carbons (Fsp3) is 0. The minimum atomic E-state index is -0.843. The number of nitro benzene ring substituents is 1. The lowest BCUT2D eigenvalue weighted by Crippen LogP contribution is -2.13. The average molecular weight is 362 g/mol. The van der Waals surface area contributed by atoms with E-state index in [1.807, 2.05) is 0 Å². The second-order valence-electron chi connectivity index (χ2n) is 4.16. The van der Waals surface area contributed by atoms with Gasteiger partial charge in [-0.15, -0.1) is 0 Å². The normalized spacial score (nSPS) is 10.3. The SMILES string of the molecule is O=C(Nc1cc(Cl)ccc1Cl)c1cc(Cl)cc([N+](=O)[O-])c1O. The van der Waals surface area contributed by atoms with Crippen molar-refractivity contribution in [1.82, 2.24) is 0 Å². The molecule has 1 amide bonds. The summed E-state index contributed by atoms with van der Waals surface area (Å²) in [6.45, 7) is 0. The lowest BCUT2D eigenvalue weighted by Gasteiger charge is -2.09. The van der Waals surface area contributed by atoms with E-state index in [0.717, 1.165) is 12.1 Å². The van der Waals surface area contributed by atoms with Crippen LogP contribution in [-0.2, 0) is 0 Å². The molecule has 0 saturated carbocycles. The van der Waals surface area contributed by atoms with Crippen LogP contribution in [0.3, 0.4) is 0 Å². The van der Waals surface area contributed by atoms with Gasteiger partial charge in [-0.2, -0.15) is 0 Å². The average Bonchev–Trinajstić information content (AvgIpc) is 2.44. The maximum absolute atomic E-state index is 12.2. The van der Waals surface area contributed by atoms with Crippen molar-refractivity contribution in [2.75, 3.05) is 5.32 Å². The van der Waals surface area contributed by atoms with Crippen LogP contribution in [0.2, 0.25) is 15.1 Å². The van der Waals surface area contributed by atoms with Crippen molar-refractivity contribution in [3.8, 4) is 5.75 Å². The summed E-state index contributed by atoms with van der Waals surface area (Å²) in [6, 6.07) is 6.45. The summed E-state index contributed by atoms with van der Waals surface area (Å²) in [5, 5.41) is 23.6. The Morgan fingerprint density at radius 3 is 2.45 bits per heavy atom. The second kappa shape index (κ2) is 6.39. The van der Waals surface area contributed by atoms with E-state index in [2.05, 4.69) is 5.32 Å². The standard InChI is InChI=1S/C13H7Cl3N2O4/c14-6-1-2-9(16)10(4-6)17-13(20)8-3-7(15)5-11(12(8)19)18(21)22/h1-5,19H,(H,17,20). The van der Waals surface area contributed by atoms with Gasteiger partial charge in [0, 0.05) is 16.1 Å². The molecule has 0 heterocycles. The fourth-order valence-corrected chi connectivity index (χ4v) is 2.23. The molecule has 0 aliphatic carbocycles. The Morgan fingerprint density at radius 2 is 1.82 bits per heavy atom. The maximum Gasteiger partial charge on any atom is 0.313 e. The quantitative estimate of drug-likeness (QED) is 0.621. The molecule has 0 saturated heterocycles. The fourth-order valence-electron chi connectivity index (χ4n) is 1.68. The van der Waals surface area contributed by atoms with Gasteiger partial charge in [0.15, 0.2) is 0 Å². The number of rotatable bonds is 3. The molecule has 2 N–H and O–H groups in total. The van der Waals surface area contributed by atoms with Gasteiger partial charge in [0.2, 0.25) is 5.75 Å². The van der Waals surface area contributed by atoms with E-state index in [1.54, 1.807) is 0 Å². The number of nitrogens with one attached hydrogen (secondary N) is 1. The third-order valence-electron chi connectivity index (χ3n) is 2.67. The van der Waals surface area contributed by atoms with E-state index in [4.69, 9.17) is 34.8 Å². The van der Waals surface area contributed by atoms with E-state index in [1.165, 1.54) is 18.2 Å². The van der Waals surface area contributed by atoms with Crippen molar-refractivity contribution in [2.24, 2.45) is 0 Å². The van der Waals surface area contributed by atoms with Gasteiger partial charge in [-0.05, 0) is 24.3 Å². The van der Waals surface area contributed by atoms with E-state index >= 15 is 0 Å². The Kier molecular flexibility index (Phi) is 4.75. The molecule has 0 fully saturated rings. The number of carbonyl (C=O) groups is 1. The first-order chi connectivity index (χ1) is 10.3. The molecule has 6 nitrogen and oxygen atoms in total. The van der Waals surface area contributed by atoms with Crippen LogP contribution in [0.15, 0.2) is 30.3 Å². The Bertz CT molecular complexity index is 780. The summed E-state index contributed by atoms with van der Waals surface area (Å²) < 4.78 is 0. The molecular formula is C13H7Cl3N2O4. The topological polar surface area (TPSA) is 92.5 Å². The minimum absolute atomic E-state index is 0.0631. The lowest BCUT2D eigenvalue weighted by atomic mass is 10.1. The highest BCUT2D eigenvalue weighted by molar-refractivity contribution is 6.36. The summed E-state index contributed by atoms with van der Waals surface area (Å²) in [5.74, 6) is -1.60. The van der Waals surface area contributed by atoms with Crippen molar-refractivity contribution in [3.63, 3.8) is 0 Å². The van der Waals surface area contributed by atoms with E-state index < -0.39 is 22.3 Å². The maximum atomic E-state index is 12.2. The molecule has 0 aromatic heterocycles. The van der Waals surface area contributed by atoms with Gasteiger partial charge in [-0.1, -0.05) is 34.8 Å². The number of halogens is 3. The number of hydrogen-bond donors (Lipinski definition) is 2. The smallest absolute Gasteiger partial charge is 0.313 e. The van der Waals surface area contributed by atoms with Gasteiger partial charge in [-0.3, -0.25) is 14.9 Å². The van der Waals surface area contributed by atoms with Gasteiger partial charge in [0.05, 0.1) is 21.2 Å². The predicted octanol–water partition coefficient (Wildman–Crippen LogP) is 4.51. The first-order valence-corrected chi connectivity index (χ1v) is 6.86. The highest BCUT2D eigenvalue weighted by atomic mass is 35.5. The van der Waals surface area contributed by atoms with Crippen LogP contribution < -0.4 is 5.32 Å². The molecule has 0 aliphatic rings. The van der Waals surface area contributed by atoms with Crippen LogP contribution in [0.4, 0.5) is 11.4 Å². The zero-order valence-corrected chi connectivity index (χ0v) is 12.9. The van der Waals surface area contributed by atoms with Crippen LogP contribution in [0.5, 0.6) is 5.75 Å². The van der Waals surface area contributed by atoms with Crippen molar-refractivity contribution in [3.05, 3.63) is 61.1 Å². The zero-order valence-electron chi connectivity index (χ0n) is 10.6. The molecule has 0 unspecified atom stereocenters. The zero-order chi connectivity index (χ0) is 16.4. The Labute approximate surface area is 139 Å². The molecule has 0 aliphatic heterocycles. The van der Waals surface area contributed by atoms with Crippen molar-refractivity contribution in [1.29, 1.82) is 0 Å². The van der Waals surface area contributed by atoms with Gasteiger partial charge in [0.1, 0.15) is 0 Å². The van der Waals surface area contributed by atoms with E-state index in [-0.39, 0.29) is 21.3 Å². The molecule has 0 bridgehead atoms. The molecule has 0 radical (unpaired) electrons. The molecule has 0 atom stereocenters. The molecule has 2 aromatic carbocycles. The van der Waals surface area contributed by atoms with Gasteiger partial charge in [-0.25, -0.2) is 0 Å². The van der Waals surface area contributed by atoms with Crippen LogP contribution in [0, 0.1) is 10.1 Å². The molecule has 22 heavy (non-hydrogen) atoms. The molecule has 0 spiro atoms. The first-order valence-electron chi connectivity index (χ1n) is 5.73. The van der Waals surface area contributed by atoms with Crippen LogP contribution in [0.25, 0.3) is 0 Å². The molecule has 2 aromatic rings. The number of aromatic hydroxyl groups is 1. The van der Waals surface area contributed by atoms with E-state index in [0.29, 0.717) is 5.02 Å². The highest BCUT2D eigenvalue weighted by Gasteiger charge is 2.23. The molecule has 9 heteroatoms. The Balaban J connectivity index is 2.42. The van der Waals surface area contributed by atoms with Gasteiger partial charge in [0.25, 0.3) is 5.91 Å².